The van der Waals surface area contributed by atoms with Crippen molar-refractivity contribution in [2.45, 2.75) is 122 Å². The number of carbonyl (C=O) groups is 6. The van der Waals surface area contributed by atoms with Gasteiger partial charge in [0.05, 0.1) is 0 Å². The van der Waals surface area contributed by atoms with Gasteiger partial charge in [0.2, 0.25) is 11.8 Å². The third kappa shape index (κ3) is 19.3. The first-order chi connectivity index (χ1) is 30.2. The molecule has 330 valence electrons. The maximum atomic E-state index is 13.5. The van der Waals surface area contributed by atoms with Gasteiger partial charge in [-0.1, -0.05) is 154 Å². The van der Waals surface area contributed by atoms with E-state index in [0.29, 0.717) is 6.42 Å². The van der Waals surface area contributed by atoms with Gasteiger partial charge in [-0.05, 0) is 54.4 Å². The Morgan fingerprint density at radius 1 is 0.403 bits per heavy atom. The fourth-order valence-corrected chi connectivity index (χ4v) is 6.37. The molecule has 13 nitrogen and oxygen atoms in total. The summed E-state index contributed by atoms with van der Waals surface area (Å²) in [5.74, 6) is -2.98. The number of hydrogen-bond donors (Lipinski definition) is 3. The highest BCUT2D eigenvalue weighted by atomic mass is 16.6. The monoisotopic (exact) mass is 849 g/mol. The van der Waals surface area contributed by atoms with E-state index in [1.807, 2.05) is 84.9 Å². The molecule has 0 heterocycles. The number of alkyl carbamates (subject to hydrolysis) is 1. The first-order valence-electron chi connectivity index (χ1n) is 21.4. The number of esters is 3. The van der Waals surface area contributed by atoms with Crippen LogP contribution in [0.4, 0.5) is 4.79 Å². The highest BCUT2D eigenvalue weighted by Gasteiger charge is 2.28. The standard InChI is InChI=1S/C49H59N3O10/c1-2-3-4-5-18-30-44(53)51-43(48(57)61-35-39-24-14-8-15-25-39)31-32-45(54)50-41(46(55)59-33-37-20-10-6-11-21-37)28-19-29-42(47(56)60-34-38-22-12-7-13-23-38)52-49(58)62-36-40-26-16-9-17-27-40/h6-17,20-27,41-43H,2-5,18-19,28-36H2,1H3,(H,50,54)(H,51,53)(H,52,58)/t41-,42+,43+/m0/s1. The van der Waals surface area contributed by atoms with Crippen molar-refractivity contribution in [2.24, 2.45) is 0 Å². The molecule has 0 unspecified atom stereocenters. The lowest BCUT2D eigenvalue weighted by Crippen LogP contribution is -2.45. The zero-order valence-electron chi connectivity index (χ0n) is 35.5. The Bertz CT molecular complexity index is 1950. The molecular formula is C49H59N3O10. The third-order valence-corrected chi connectivity index (χ3v) is 9.85. The minimum atomic E-state index is -1.15. The summed E-state index contributed by atoms with van der Waals surface area (Å²) in [6.45, 7) is 2.01. The van der Waals surface area contributed by atoms with Crippen molar-refractivity contribution in [2.75, 3.05) is 0 Å². The van der Waals surface area contributed by atoms with Gasteiger partial charge in [0.15, 0.2) is 0 Å². The van der Waals surface area contributed by atoms with E-state index in [2.05, 4.69) is 22.9 Å². The van der Waals surface area contributed by atoms with E-state index in [4.69, 9.17) is 18.9 Å². The molecule has 3 N–H and O–H groups in total. The molecule has 0 saturated carbocycles. The number of ether oxygens (including phenoxy) is 4. The van der Waals surface area contributed by atoms with Crippen LogP contribution < -0.4 is 16.0 Å². The lowest BCUT2D eigenvalue weighted by Gasteiger charge is -2.21. The number of benzene rings is 4. The molecule has 0 aliphatic carbocycles. The summed E-state index contributed by atoms with van der Waals surface area (Å²) in [7, 11) is 0. The quantitative estimate of drug-likeness (QED) is 0.0305. The van der Waals surface area contributed by atoms with E-state index < -0.39 is 48.0 Å². The van der Waals surface area contributed by atoms with E-state index in [9.17, 15) is 28.8 Å². The van der Waals surface area contributed by atoms with Crippen LogP contribution in [0.2, 0.25) is 0 Å². The van der Waals surface area contributed by atoms with Crippen LogP contribution in [-0.2, 0) is 69.3 Å². The molecule has 0 spiro atoms. The normalized spacial score (nSPS) is 12.1. The van der Waals surface area contributed by atoms with Gasteiger partial charge in [-0.15, -0.1) is 0 Å². The molecule has 0 saturated heterocycles. The Hall–Kier alpha value is -6.50. The second-order valence-electron chi connectivity index (χ2n) is 14.9. The number of nitrogens with one attached hydrogen (secondary N) is 3. The van der Waals surface area contributed by atoms with E-state index in [0.717, 1.165) is 47.9 Å². The molecule has 4 rings (SSSR count). The van der Waals surface area contributed by atoms with Crippen molar-refractivity contribution < 1.29 is 47.7 Å². The predicted molar refractivity (Wildman–Crippen MR) is 233 cm³/mol. The van der Waals surface area contributed by atoms with Crippen molar-refractivity contribution in [1.82, 2.24) is 16.0 Å². The smallest absolute Gasteiger partial charge is 0.408 e. The predicted octanol–water partition coefficient (Wildman–Crippen LogP) is 7.79. The number of hydrogen-bond acceptors (Lipinski definition) is 10. The summed E-state index contributed by atoms with van der Waals surface area (Å²) in [5, 5.41) is 8.08. The molecule has 0 aliphatic rings. The molecule has 3 atom stereocenters. The highest BCUT2D eigenvalue weighted by Crippen LogP contribution is 2.14. The molecule has 0 aliphatic heterocycles. The topological polar surface area (TPSA) is 175 Å². The fraction of sp³-hybridized carbons (Fsp3) is 0.388. The zero-order chi connectivity index (χ0) is 44.2. The lowest BCUT2D eigenvalue weighted by atomic mass is 10.0. The third-order valence-electron chi connectivity index (χ3n) is 9.85. The van der Waals surface area contributed by atoms with Crippen molar-refractivity contribution in [3.05, 3.63) is 144 Å². The Morgan fingerprint density at radius 2 is 0.758 bits per heavy atom. The minimum Gasteiger partial charge on any atom is -0.459 e. The average molecular weight is 850 g/mol. The van der Waals surface area contributed by atoms with E-state index in [1.165, 1.54) is 0 Å². The second kappa shape index (κ2) is 28.1. The molecule has 4 aromatic carbocycles. The summed E-state index contributed by atoms with van der Waals surface area (Å²) in [6.07, 6.45) is 4.03. The Labute approximate surface area is 364 Å². The van der Waals surface area contributed by atoms with Gasteiger partial charge < -0.3 is 34.9 Å². The van der Waals surface area contributed by atoms with Crippen molar-refractivity contribution in [1.29, 1.82) is 0 Å². The summed E-state index contributed by atoms with van der Waals surface area (Å²) >= 11 is 0. The minimum absolute atomic E-state index is 0.00894. The first kappa shape index (κ1) is 48.2. The Morgan fingerprint density at radius 3 is 1.18 bits per heavy atom. The SMILES string of the molecule is CCCCCCCC(=O)N[C@H](CCC(=O)N[C@@H](CCC[C@@H](NC(=O)OCc1ccccc1)C(=O)OCc1ccccc1)C(=O)OCc1ccccc1)C(=O)OCc1ccccc1. The summed E-state index contributed by atoms with van der Waals surface area (Å²) in [5.41, 5.74) is 3.02. The van der Waals surface area contributed by atoms with Crippen LogP contribution in [-0.4, -0.2) is 53.9 Å². The fourth-order valence-electron chi connectivity index (χ4n) is 6.37. The van der Waals surface area contributed by atoms with Crippen LogP contribution >= 0.6 is 0 Å². The Balaban J connectivity index is 1.41. The van der Waals surface area contributed by atoms with E-state index in [-0.39, 0.29) is 70.9 Å². The largest absolute Gasteiger partial charge is 0.459 e. The molecule has 0 fully saturated rings. The average Bonchev–Trinajstić information content (AvgIpc) is 3.30. The van der Waals surface area contributed by atoms with E-state index in [1.54, 1.807) is 36.4 Å². The van der Waals surface area contributed by atoms with Crippen molar-refractivity contribution >= 4 is 35.8 Å². The van der Waals surface area contributed by atoms with Crippen LogP contribution in [0, 0.1) is 0 Å². The number of unbranched alkanes of at least 4 members (excludes halogenated alkanes) is 4. The summed E-state index contributed by atoms with van der Waals surface area (Å²) < 4.78 is 22.1. The van der Waals surface area contributed by atoms with Crippen LogP contribution in [0.5, 0.6) is 0 Å². The molecule has 0 aromatic heterocycles. The van der Waals surface area contributed by atoms with Crippen LogP contribution in [0.3, 0.4) is 0 Å². The number of amides is 3. The first-order valence-corrected chi connectivity index (χ1v) is 21.4. The number of carbonyl (C=O) groups excluding carboxylic acids is 6. The van der Waals surface area contributed by atoms with Gasteiger partial charge in [-0.2, -0.15) is 0 Å². The second-order valence-corrected chi connectivity index (χ2v) is 14.9. The Kier molecular flexibility index (Phi) is 21.8. The van der Waals surface area contributed by atoms with Gasteiger partial charge >= 0.3 is 24.0 Å². The van der Waals surface area contributed by atoms with Crippen molar-refractivity contribution in [3.63, 3.8) is 0 Å². The van der Waals surface area contributed by atoms with Crippen LogP contribution in [0.15, 0.2) is 121 Å². The van der Waals surface area contributed by atoms with Gasteiger partial charge in [0.1, 0.15) is 44.6 Å². The summed E-state index contributed by atoms with van der Waals surface area (Å²) in [6, 6.07) is 32.9. The molecule has 13 heteroatoms. The van der Waals surface area contributed by atoms with E-state index >= 15 is 0 Å². The maximum Gasteiger partial charge on any atom is 0.408 e. The van der Waals surface area contributed by atoms with Gasteiger partial charge in [-0.25, -0.2) is 19.2 Å². The zero-order valence-corrected chi connectivity index (χ0v) is 35.5. The molecule has 3 amide bonds. The molecule has 0 bridgehead atoms. The van der Waals surface area contributed by atoms with Gasteiger partial charge in [0, 0.05) is 12.8 Å². The molecular weight excluding hydrogens is 791 g/mol. The van der Waals surface area contributed by atoms with Gasteiger partial charge in [0.25, 0.3) is 0 Å². The molecule has 0 radical (unpaired) electrons. The maximum absolute atomic E-state index is 13.5. The number of rotatable bonds is 27. The molecule has 4 aromatic rings. The molecule has 62 heavy (non-hydrogen) atoms. The van der Waals surface area contributed by atoms with Crippen LogP contribution in [0.1, 0.15) is 99.8 Å². The van der Waals surface area contributed by atoms with Gasteiger partial charge in [-0.3, -0.25) is 9.59 Å². The summed E-state index contributed by atoms with van der Waals surface area (Å²) in [4.78, 5) is 79.5. The lowest BCUT2D eigenvalue weighted by molar-refractivity contribution is -0.150. The van der Waals surface area contributed by atoms with Crippen LogP contribution in [0.25, 0.3) is 0 Å². The van der Waals surface area contributed by atoms with Crippen molar-refractivity contribution in [3.8, 4) is 0 Å². The highest BCUT2D eigenvalue weighted by molar-refractivity contribution is 5.87.